The highest BCUT2D eigenvalue weighted by Gasteiger charge is 2.11. The minimum atomic E-state index is -0.00142. The van der Waals surface area contributed by atoms with Crippen molar-refractivity contribution in [1.82, 2.24) is 0 Å². The van der Waals surface area contributed by atoms with Crippen LogP contribution in [0.2, 0.25) is 5.02 Å². The molecule has 0 aliphatic carbocycles. The van der Waals surface area contributed by atoms with Gasteiger partial charge in [-0.1, -0.05) is 51.8 Å². The fraction of sp³-hybridized carbons (Fsp3) is 0.250. The summed E-state index contributed by atoms with van der Waals surface area (Å²) in [5.74, 6) is 0.841. The Bertz CT molecular complexity index is 542. The summed E-state index contributed by atoms with van der Waals surface area (Å²) in [4.78, 5) is 0. The number of methoxy groups -OCH3 is 1. The lowest BCUT2D eigenvalue weighted by Gasteiger charge is -2.16. The number of hydrogen-bond acceptors (Lipinski definition) is 2. The van der Waals surface area contributed by atoms with Crippen LogP contribution in [-0.4, -0.2) is 12.4 Å². The molecule has 0 heterocycles. The van der Waals surface area contributed by atoms with Gasteiger partial charge in [-0.2, -0.15) is 0 Å². The van der Waals surface area contributed by atoms with Gasteiger partial charge in [-0.25, -0.2) is 0 Å². The number of alkyl halides is 1. The second-order valence-corrected chi connectivity index (χ2v) is 5.44. The molecule has 1 atom stereocenters. The molecule has 0 aromatic heterocycles. The van der Waals surface area contributed by atoms with E-state index in [1.807, 2.05) is 48.5 Å². The van der Waals surface area contributed by atoms with E-state index in [1.54, 1.807) is 7.11 Å². The summed E-state index contributed by atoms with van der Waals surface area (Å²) in [5, 5.41) is 1.47. The van der Waals surface area contributed by atoms with Gasteiger partial charge in [0.15, 0.2) is 0 Å². The van der Waals surface area contributed by atoms with Gasteiger partial charge in [-0.05, 0) is 35.4 Å². The van der Waals surface area contributed by atoms with Crippen molar-refractivity contribution in [2.75, 3.05) is 12.4 Å². The Kier molecular flexibility index (Phi) is 5.89. The lowest BCUT2D eigenvalue weighted by atomic mass is 10.1. The van der Waals surface area contributed by atoms with Crippen molar-refractivity contribution in [3.05, 3.63) is 64.7 Å². The maximum atomic E-state index is 5.96. The molecule has 0 bridgehead atoms. The predicted octanol–water partition coefficient (Wildman–Crippen LogP) is 5.00. The first-order chi connectivity index (χ1) is 9.72. The molecule has 0 spiro atoms. The summed E-state index contributed by atoms with van der Waals surface area (Å²) in [6.07, 6.45) is -0.00142. The van der Waals surface area contributed by atoms with Crippen LogP contribution in [0.15, 0.2) is 48.5 Å². The largest absolute Gasteiger partial charge is 0.497 e. The van der Waals surface area contributed by atoms with Crippen LogP contribution in [0.25, 0.3) is 0 Å². The zero-order valence-corrected chi connectivity index (χ0v) is 13.5. The van der Waals surface area contributed by atoms with Gasteiger partial charge in [0.1, 0.15) is 5.75 Å². The summed E-state index contributed by atoms with van der Waals surface area (Å²) in [7, 11) is 1.66. The van der Waals surface area contributed by atoms with Gasteiger partial charge in [-0.3, -0.25) is 0 Å². The zero-order chi connectivity index (χ0) is 14.4. The summed E-state index contributed by atoms with van der Waals surface area (Å²) >= 11 is 9.39. The van der Waals surface area contributed by atoms with Gasteiger partial charge < -0.3 is 9.47 Å². The molecule has 0 aliphatic rings. The van der Waals surface area contributed by atoms with Crippen molar-refractivity contribution in [1.29, 1.82) is 0 Å². The summed E-state index contributed by atoms with van der Waals surface area (Å²) < 4.78 is 11.2. The Morgan fingerprint density at radius 1 is 1.15 bits per heavy atom. The van der Waals surface area contributed by atoms with Crippen LogP contribution < -0.4 is 4.74 Å². The zero-order valence-electron chi connectivity index (χ0n) is 11.2. The highest BCUT2D eigenvalue weighted by atomic mass is 79.9. The second kappa shape index (κ2) is 7.67. The first-order valence-corrected chi connectivity index (χ1v) is 7.79. The quantitative estimate of drug-likeness (QED) is 0.679. The fourth-order valence-electron chi connectivity index (χ4n) is 1.87. The Morgan fingerprint density at radius 2 is 1.90 bits per heavy atom. The number of benzene rings is 2. The third-order valence-corrected chi connectivity index (χ3v) is 3.81. The number of halogens is 2. The molecule has 1 unspecified atom stereocenters. The van der Waals surface area contributed by atoms with E-state index in [-0.39, 0.29) is 6.10 Å². The molecule has 2 aromatic carbocycles. The number of rotatable bonds is 6. The molecule has 0 aliphatic heterocycles. The molecule has 20 heavy (non-hydrogen) atoms. The molecule has 0 saturated heterocycles. The minimum absolute atomic E-state index is 0.00142. The molecule has 2 rings (SSSR count). The Labute approximate surface area is 132 Å². The maximum Gasteiger partial charge on any atom is 0.119 e. The molecule has 0 fully saturated rings. The van der Waals surface area contributed by atoms with E-state index in [0.717, 1.165) is 27.2 Å². The van der Waals surface area contributed by atoms with E-state index < -0.39 is 0 Å². The van der Waals surface area contributed by atoms with Crippen molar-refractivity contribution in [2.24, 2.45) is 0 Å². The smallest absolute Gasteiger partial charge is 0.119 e. The van der Waals surface area contributed by atoms with Gasteiger partial charge in [0.2, 0.25) is 0 Å². The lowest BCUT2D eigenvalue weighted by Crippen LogP contribution is -2.06. The molecule has 2 aromatic rings. The Hall–Kier alpha value is -1.03. The SMILES string of the molecule is COc1cccc(COC(CBr)c2ccc(Cl)cc2)c1. The fourth-order valence-corrected chi connectivity index (χ4v) is 2.55. The molecule has 4 heteroatoms. The molecule has 106 valence electrons. The van der Waals surface area contributed by atoms with E-state index >= 15 is 0 Å². The van der Waals surface area contributed by atoms with Crippen molar-refractivity contribution < 1.29 is 9.47 Å². The molecule has 2 nitrogen and oxygen atoms in total. The number of ether oxygens (including phenoxy) is 2. The first-order valence-electron chi connectivity index (χ1n) is 6.29. The Morgan fingerprint density at radius 3 is 2.55 bits per heavy atom. The first kappa shape index (κ1) is 15.4. The minimum Gasteiger partial charge on any atom is -0.497 e. The Balaban J connectivity index is 2.01. The van der Waals surface area contributed by atoms with Crippen LogP contribution in [0.3, 0.4) is 0 Å². The van der Waals surface area contributed by atoms with E-state index in [0.29, 0.717) is 6.61 Å². The number of hydrogen-bond donors (Lipinski definition) is 0. The van der Waals surface area contributed by atoms with E-state index in [9.17, 15) is 0 Å². The van der Waals surface area contributed by atoms with Crippen LogP contribution in [-0.2, 0) is 11.3 Å². The maximum absolute atomic E-state index is 5.96. The van der Waals surface area contributed by atoms with Gasteiger partial charge in [0.05, 0.1) is 19.8 Å². The van der Waals surface area contributed by atoms with Crippen molar-refractivity contribution in [3.63, 3.8) is 0 Å². The van der Waals surface area contributed by atoms with Crippen molar-refractivity contribution in [2.45, 2.75) is 12.7 Å². The normalized spacial score (nSPS) is 12.2. The van der Waals surface area contributed by atoms with E-state index in [1.165, 1.54) is 0 Å². The average Bonchev–Trinajstić information content (AvgIpc) is 2.50. The van der Waals surface area contributed by atoms with Gasteiger partial charge in [0, 0.05) is 10.4 Å². The average molecular weight is 356 g/mol. The van der Waals surface area contributed by atoms with Gasteiger partial charge in [0.25, 0.3) is 0 Å². The van der Waals surface area contributed by atoms with Gasteiger partial charge in [-0.15, -0.1) is 0 Å². The van der Waals surface area contributed by atoms with Crippen LogP contribution in [0.1, 0.15) is 17.2 Å². The third-order valence-electron chi connectivity index (χ3n) is 2.97. The highest BCUT2D eigenvalue weighted by molar-refractivity contribution is 9.09. The van der Waals surface area contributed by atoms with Crippen molar-refractivity contribution in [3.8, 4) is 5.75 Å². The third kappa shape index (κ3) is 4.23. The predicted molar refractivity (Wildman–Crippen MR) is 85.8 cm³/mol. The van der Waals surface area contributed by atoms with Crippen LogP contribution in [0, 0.1) is 0 Å². The highest BCUT2D eigenvalue weighted by Crippen LogP contribution is 2.24. The monoisotopic (exact) mass is 354 g/mol. The van der Waals surface area contributed by atoms with E-state index in [2.05, 4.69) is 15.9 Å². The molecular weight excluding hydrogens is 340 g/mol. The van der Waals surface area contributed by atoms with E-state index in [4.69, 9.17) is 21.1 Å². The molecule has 0 amide bonds. The summed E-state index contributed by atoms with van der Waals surface area (Å²) in [6.45, 7) is 0.538. The lowest BCUT2D eigenvalue weighted by molar-refractivity contribution is 0.0565. The molecule has 0 saturated carbocycles. The molecule has 0 radical (unpaired) electrons. The van der Waals surface area contributed by atoms with Crippen LogP contribution in [0.4, 0.5) is 0 Å². The topological polar surface area (TPSA) is 18.5 Å². The standard InChI is InChI=1S/C16H16BrClO2/c1-19-15-4-2-3-12(9-15)11-20-16(10-17)13-5-7-14(18)8-6-13/h2-9,16H,10-11H2,1H3. The van der Waals surface area contributed by atoms with Crippen molar-refractivity contribution >= 4 is 27.5 Å². The second-order valence-electron chi connectivity index (χ2n) is 4.36. The van der Waals surface area contributed by atoms with Crippen LogP contribution >= 0.6 is 27.5 Å². The summed E-state index contributed by atoms with van der Waals surface area (Å²) in [6, 6.07) is 15.6. The summed E-state index contributed by atoms with van der Waals surface area (Å²) in [5.41, 5.74) is 2.19. The molecular formula is C16H16BrClO2. The molecule has 0 N–H and O–H groups in total. The van der Waals surface area contributed by atoms with Gasteiger partial charge >= 0.3 is 0 Å². The van der Waals surface area contributed by atoms with Crippen LogP contribution in [0.5, 0.6) is 5.75 Å².